The number of fused-ring (bicyclic) bond motifs is 2. The maximum atomic E-state index is 14.8. The van der Waals surface area contributed by atoms with Gasteiger partial charge in [-0.25, -0.2) is 14.4 Å². The van der Waals surface area contributed by atoms with Gasteiger partial charge in [-0.15, -0.1) is 0 Å². The molecule has 5 rings (SSSR count). The Bertz CT molecular complexity index is 1390. The molecule has 5 aromatic rings. The first-order valence-electron chi connectivity index (χ1n) is 8.69. The minimum Gasteiger partial charge on any atom is -0.306 e. The summed E-state index contributed by atoms with van der Waals surface area (Å²) in [5.74, 6) is -0.370. The van der Waals surface area contributed by atoms with Crippen LogP contribution in [0.2, 0.25) is 0 Å². The van der Waals surface area contributed by atoms with E-state index in [-0.39, 0.29) is 17.9 Å². The fraction of sp³-hybridized carbons (Fsp3) is 0.0476. The van der Waals surface area contributed by atoms with Crippen LogP contribution >= 0.6 is 0 Å². The molecular formula is C21H14FN5O. The van der Waals surface area contributed by atoms with Gasteiger partial charge in [0, 0.05) is 18.0 Å². The van der Waals surface area contributed by atoms with Crippen LogP contribution in [0.15, 0.2) is 78.6 Å². The van der Waals surface area contributed by atoms with Crippen molar-refractivity contribution in [1.29, 1.82) is 0 Å². The zero-order valence-corrected chi connectivity index (χ0v) is 14.7. The van der Waals surface area contributed by atoms with E-state index < -0.39 is 0 Å². The Morgan fingerprint density at radius 1 is 0.964 bits per heavy atom. The maximum Gasteiger partial charge on any atom is 0.261 e. The van der Waals surface area contributed by atoms with Crippen molar-refractivity contribution < 1.29 is 4.39 Å². The molecule has 0 spiro atoms. The minimum atomic E-state index is -0.370. The summed E-state index contributed by atoms with van der Waals surface area (Å²) in [5, 5.41) is 0.461. The van der Waals surface area contributed by atoms with Crippen molar-refractivity contribution in [2.75, 3.05) is 0 Å². The highest BCUT2D eigenvalue weighted by Crippen LogP contribution is 2.23. The number of aromatic nitrogens is 5. The van der Waals surface area contributed by atoms with E-state index in [4.69, 9.17) is 0 Å². The molecular weight excluding hydrogens is 357 g/mol. The van der Waals surface area contributed by atoms with E-state index >= 15 is 0 Å². The Balaban J connectivity index is 1.50. The Morgan fingerprint density at radius 3 is 2.75 bits per heavy atom. The number of halogens is 1. The minimum absolute atomic E-state index is 0.108. The zero-order valence-electron chi connectivity index (χ0n) is 14.7. The molecule has 0 aliphatic rings. The Kier molecular flexibility index (Phi) is 3.72. The molecule has 0 saturated heterocycles. The standard InChI is InChI=1S/C21H14FN5O/c22-19-7-14(15-3-4-17-8-24-12-26(17)10-15)1-2-16(19)11-27-13-25-20-9-23-6-5-18(20)21(27)28/h1-10,12-13H,11H2. The molecule has 4 heterocycles. The van der Waals surface area contributed by atoms with Gasteiger partial charge < -0.3 is 4.40 Å². The number of hydrogen-bond acceptors (Lipinski definition) is 4. The fourth-order valence-electron chi connectivity index (χ4n) is 3.25. The average molecular weight is 371 g/mol. The van der Waals surface area contributed by atoms with Crippen LogP contribution in [0, 0.1) is 5.82 Å². The first kappa shape index (κ1) is 16.3. The van der Waals surface area contributed by atoms with Gasteiger partial charge in [-0.05, 0) is 29.3 Å². The molecule has 1 aromatic carbocycles. The molecule has 0 atom stereocenters. The summed E-state index contributed by atoms with van der Waals surface area (Å²) in [6, 6.07) is 10.5. The third-order valence-corrected chi connectivity index (χ3v) is 4.76. The summed E-state index contributed by atoms with van der Waals surface area (Å²) in [4.78, 5) is 24.9. The molecule has 0 saturated carbocycles. The van der Waals surface area contributed by atoms with Crippen molar-refractivity contribution in [3.63, 3.8) is 0 Å². The Labute approximate surface area is 158 Å². The van der Waals surface area contributed by atoms with Crippen LogP contribution in [0.25, 0.3) is 27.5 Å². The molecule has 0 bridgehead atoms. The van der Waals surface area contributed by atoms with Crippen molar-refractivity contribution in [2.45, 2.75) is 6.54 Å². The highest BCUT2D eigenvalue weighted by molar-refractivity contribution is 5.75. The number of nitrogens with zero attached hydrogens (tertiary/aromatic N) is 5. The first-order chi connectivity index (χ1) is 13.7. The van der Waals surface area contributed by atoms with Gasteiger partial charge in [0.25, 0.3) is 5.56 Å². The highest BCUT2D eigenvalue weighted by atomic mass is 19.1. The number of rotatable bonds is 3. The zero-order chi connectivity index (χ0) is 19.1. The van der Waals surface area contributed by atoms with Gasteiger partial charge in [0.05, 0.1) is 48.0 Å². The van der Waals surface area contributed by atoms with Crippen LogP contribution in [-0.2, 0) is 6.54 Å². The summed E-state index contributed by atoms with van der Waals surface area (Å²) in [6.07, 6.45) is 9.88. The normalized spacial score (nSPS) is 11.3. The van der Waals surface area contributed by atoms with E-state index in [1.54, 1.807) is 30.9 Å². The molecule has 7 heteroatoms. The van der Waals surface area contributed by atoms with Gasteiger partial charge in [0.2, 0.25) is 0 Å². The van der Waals surface area contributed by atoms with Gasteiger partial charge in [-0.3, -0.25) is 14.3 Å². The monoisotopic (exact) mass is 371 g/mol. The Hall–Kier alpha value is -3.87. The maximum absolute atomic E-state index is 14.8. The number of pyridine rings is 2. The largest absolute Gasteiger partial charge is 0.306 e. The smallest absolute Gasteiger partial charge is 0.261 e. The van der Waals surface area contributed by atoms with Gasteiger partial charge in [-0.1, -0.05) is 18.2 Å². The van der Waals surface area contributed by atoms with Crippen molar-refractivity contribution in [3.05, 3.63) is 95.6 Å². The van der Waals surface area contributed by atoms with Gasteiger partial charge in [0.15, 0.2) is 0 Å². The third kappa shape index (κ3) is 2.73. The van der Waals surface area contributed by atoms with Crippen LogP contribution in [0.3, 0.4) is 0 Å². The summed E-state index contributed by atoms with van der Waals surface area (Å²) in [5.41, 5.74) is 3.33. The molecule has 6 nitrogen and oxygen atoms in total. The lowest BCUT2D eigenvalue weighted by atomic mass is 10.0. The molecule has 28 heavy (non-hydrogen) atoms. The van der Waals surface area contributed by atoms with E-state index in [9.17, 15) is 9.18 Å². The molecule has 4 aromatic heterocycles. The quantitative estimate of drug-likeness (QED) is 0.488. The average Bonchev–Trinajstić information content (AvgIpc) is 3.19. The molecule has 0 aliphatic heterocycles. The number of benzene rings is 1. The second-order valence-corrected chi connectivity index (χ2v) is 6.52. The second kappa shape index (κ2) is 6.38. The lowest BCUT2D eigenvalue weighted by molar-refractivity contribution is 0.596. The van der Waals surface area contributed by atoms with Crippen LogP contribution in [0.5, 0.6) is 0 Å². The first-order valence-corrected chi connectivity index (χ1v) is 8.69. The van der Waals surface area contributed by atoms with Crippen LogP contribution < -0.4 is 5.56 Å². The molecule has 0 N–H and O–H groups in total. The lowest BCUT2D eigenvalue weighted by Crippen LogP contribution is -2.21. The van der Waals surface area contributed by atoms with Crippen molar-refractivity contribution in [1.82, 2.24) is 23.9 Å². The SMILES string of the molecule is O=c1c2ccncc2ncn1Cc1ccc(-c2ccc3cncn3c2)cc1F. The third-order valence-electron chi connectivity index (χ3n) is 4.76. The van der Waals surface area contributed by atoms with Gasteiger partial charge >= 0.3 is 0 Å². The van der Waals surface area contributed by atoms with Crippen LogP contribution in [0.4, 0.5) is 4.39 Å². The Morgan fingerprint density at radius 2 is 1.86 bits per heavy atom. The topological polar surface area (TPSA) is 65.1 Å². The predicted molar refractivity (Wildman–Crippen MR) is 103 cm³/mol. The van der Waals surface area contributed by atoms with E-state index in [2.05, 4.69) is 15.0 Å². The van der Waals surface area contributed by atoms with Crippen molar-refractivity contribution in [3.8, 4) is 11.1 Å². The molecule has 0 amide bonds. The van der Waals surface area contributed by atoms with E-state index in [0.717, 1.165) is 16.6 Å². The second-order valence-electron chi connectivity index (χ2n) is 6.52. The number of hydrogen-bond donors (Lipinski definition) is 0. The predicted octanol–water partition coefficient (Wildman–Crippen LogP) is 3.29. The summed E-state index contributed by atoms with van der Waals surface area (Å²) < 4.78 is 18.0. The summed E-state index contributed by atoms with van der Waals surface area (Å²) in [7, 11) is 0. The fourth-order valence-corrected chi connectivity index (χ4v) is 3.25. The molecule has 0 aliphatic carbocycles. The van der Waals surface area contributed by atoms with E-state index in [1.807, 2.05) is 28.8 Å². The van der Waals surface area contributed by atoms with E-state index in [1.165, 1.54) is 23.2 Å². The van der Waals surface area contributed by atoms with Crippen LogP contribution in [-0.4, -0.2) is 23.9 Å². The van der Waals surface area contributed by atoms with Crippen LogP contribution in [0.1, 0.15) is 5.56 Å². The van der Waals surface area contributed by atoms with Gasteiger partial charge in [0.1, 0.15) is 5.82 Å². The van der Waals surface area contributed by atoms with Crippen molar-refractivity contribution >= 4 is 16.4 Å². The van der Waals surface area contributed by atoms with Crippen molar-refractivity contribution in [2.24, 2.45) is 0 Å². The molecule has 136 valence electrons. The summed E-state index contributed by atoms with van der Waals surface area (Å²) >= 11 is 0. The number of imidazole rings is 1. The lowest BCUT2D eigenvalue weighted by Gasteiger charge is -2.09. The highest BCUT2D eigenvalue weighted by Gasteiger charge is 2.10. The molecule has 0 radical (unpaired) electrons. The summed E-state index contributed by atoms with van der Waals surface area (Å²) in [6.45, 7) is 0.108. The van der Waals surface area contributed by atoms with E-state index in [0.29, 0.717) is 16.5 Å². The van der Waals surface area contributed by atoms with Gasteiger partial charge in [-0.2, -0.15) is 0 Å². The molecule has 0 fully saturated rings. The molecule has 0 unspecified atom stereocenters.